The van der Waals surface area contributed by atoms with Crippen molar-refractivity contribution in [1.29, 1.82) is 0 Å². The second-order valence-electron chi connectivity index (χ2n) is 9.00. The molecule has 0 spiro atoms. The first-order valence-corrected chi connectivity index (χ1v) is 11.1. The number of hydrogen-bond acceptors (Lipinski definition) is 5. The Bertz CT molecular complexity index is 789. The largest absolute Gasteiger partial charge is 0.486 e. The van der Waals surface area contributed by atoms with Gasteiger partial charge in [-0.15, -0.1) is 0 Å². The zero-order valence-electron chi connectivity index (χ0n) is 18.1. The summed E-state index contributed by atoms with van der Waals surface area (Å²) in [7, 11) is 3.59. The van der Waals surface area contributed by atoms with Gasteiger partial charge in [0.25, 0.3) is 0 Å². The van der Waals surface area contributed by atoms with Gasteiger partial charge in [0.2, 0.25) is 11.8 Å². The summed E-state index contributed by atoms with van der Waals surface area (Å²) < 4.78 is 11.4. The van der Waals surface area contributed by atoms with Gasteiger partial charge in [-0.05, 0) is 49.9 Å². The van der Waals surface area contributed by atoms with Crippen LogP contribution >= 0.6 is 0 Å². The van der Waals surface area contributed by atoms with Gasteiger partial charge < -0.3 is 19.7 Å². The summed E-state index contributed by atoms with van der Waals surface area (Å²) in [5, 5.41) is 3.36. The van der Waals surface area contributed by atoms with E-state index in [4.69, 9.17) is 9.47 Å². The second-order valence-corrected chi connectivity index (χ2v) is 9.00. The third-order valence-electron chi connectivity index (χ3n) is 6.59. The fourth-order valence-corrected chi connectivity index (χ4v) is 5.08. The molecule has 1 aromatic carbocycles. The molecule has 1 saturated carbocycles. The maximum absolute atomic E-state index is 13.0. The summed E-state index contributed by atoms with van der Waals surface area (Å²) >= 11 is 0. The highest BCUT2D eigenvalue weighted by molar-refractivity contribution is 5.80. The molecular weight excluding hydrogens is 382 g/mol. The average molecular weight is 416 g/mol. The number of carbonyl (C=O) groups excluding carboxylic acids is 2. The first-order chi connectivity index (χ1) is 14.5. The number of hydrogen-bond donors (Lipinski definition) is 1. The smallest absolute Gasteiger partial charge is 0.234 e. The van der Waals surface area contributed by atoms with E-state index in [0.29, 0.717) is 26.3 Å². The van der Waals surface area contributed by atoms with Crippen molar-refractivity contribution in [3.63, 3.8) is 0 Å². The number of fused-ring (bicyclic) bond motifs is 1. The Balaban J connectivity index is 1.43. The molecule has 3 aliphatic rings. The molecule has 1 N–H and O–H groups in total. The first-order valence-electron chi connectivity index (χ1n) is 11.1. The van der Waals surface area contributed by atoms with Crippen LogP contribution in [0.1, 0.15) is 44.1 Å². The van der Waals surface area contributed by atoms with Gasteiger partial charge in [0.15, 0.2) is 11.5 Å². The van der Waals surface area contributed by atoms with Crippen LogP contribution in [0.5, 0.6) is 11.5 Å². The Morgan fingerprint density at radius 2 is 1.87 bits per heavy atom. The maximum atomic E-state index is 13.0. The normalized spacial score (nSPS) is 23.1. The van der Waals surface area contributed by atoms with Crippen molar-refractivity contribution in [2.24, 2.45) is 5.92 Å². The number of benzene rings is 1. The summed E-state index contributed by atoms with van der Waals surface area (Å²) in [6.45, 7) is 2.98. The molecule has 7 nitrogen and oxygen atoms in total. The molecule has 0 aromatic heterocycles. The standard InChI is InChI=1S/C23H33N3O4/c1-25(2)22(28)17-6-5-11-26(15-17)16-21(27)24-23(9-3-4-10-23)18-7-8-19-20(14-18)30-13-12-29-19/h7-8,14,17H,3-6,9-13,15-16H2,1-2H3,(H,24,27). The van der Waals surface area contributed by atoms with Crippen molar-refractivity contribution in [2.45, 2.75) is 44.1 Å². The van der Waals surface area contributed by atoms with Gasteiger partial charge in [-0.2, -0.15) is 0 Å². The van der Waals surface area contributed by atoms with Gasteiger partial charge in [0, 0.05) is 20.6 Å². The van der Waals surface area contributed by atoms with E-state index in [1.165, 1.54) is 0 Å². The fourth-order valence-electron chi connectivity index (χ4n) is 5.08. The Morgan fingerprint density at radius 1 is 1.13 bits per heavy atom. The number of nitrogens with zero attached hydrogens (tertiary/aromatic N) is 2. The maximum Gasteiger partial charge on any atom is 0.234 e. The molecule has 1 atom stereocenters. The van der Waals surface area contributed by atoms with Crippen LogP contribution in [-0.2, 0) is 15.1 Å². The lowest BCUT2D eigenvalue weighted by Gasteiger charge is -2.35. The molecule has 0 bridgehead atoms. The first kappa shape index (κ1) is 21.0. The lowest BCUT2D eigenvalue weighted by Crippen LogP contribution is -2.50. The van der Waals surface area contributed by atoms with Crippen molar-refractivity contribution >= 4 is 11.8 Å². The van der Waals surface area contributed by atoms with Crippen molar-refractivity contribution in [3.8, 4) is 11.5 Å². The van der Waals surface area contributed by atoms with Crippen molar-refractivity contribution in [1.82, 2.24) is 15.1 Å². The van der Waals surface area contributed by atoms with Crippen LogP contribution in [0.25, 0.3) is 0 Å². The van der Waals surface area contributed by atoms with E-state index >= 15 is 0 Å². The number of likely N-dealkylation sites (tertiary alicyclic amines) is 1. The van der Waals surface area contributed by atoms with Crippen LogP contribution in [0, 0.1) is 5.92 Å². The van der Waals surface area contributed by atoms with Gasteiger partial charge in [0.05, 0.1) is 18.0 Å². The molecule has 2 heterocycles. The fraction of sp³-hybridized carbons (Fsp3) is 0.652. The van der Waals surface area contributed by atoms with Gasteiger partial charge in [-0.3, -0.25) is 14.5 Å². The van der Waals surface area contributed by atoms with Crippen LogP contribution in [0.2, 0.25) is 0 Å². The molecule has 1 aromatic rings. The molecule has 0 radical (unpaired) electrons. The molecule has 1 saturated heterocycles. The zero-order chi connectivity index (χ0) is 21.1. The van der Waals surface area contributed by atoms with E-state index < -0.39 is 0 Å². The van der Waals surface area contributed by atoms with Crippen LogP contribution < -0.4 is 14.8 Å². The van der Waals surface area contributed by atoms with E-state index in [9.17, 15) is 9.59 Å². The van der Waals surface area contributed by atoms with Gasteiger partial charge in [-0.25, -0.2) is 0 Å². The van der Waals surface area contributed by atoms with Gasteiger partial charge in [-0.1, -0.05) is 18.9 Å². The minimum absolute atomic E-state index is 0.0141. The van der Waals surface area contributed by atoms with Crippen LogP contribution in [-0.4, -0.2) is 68.6 Å². The van der Waals surface area contributed by atoms with Crippen LogP contribution in [0.3, 0.4) is 0 Å². The number of nitrogens with one attached hydrogen (secondary N) is 1. The molecule has 2 aliphatic heterocycles. The number of rotatable bonds is 5. The van der Waals surface area contributed by atoms with E-state index in [2.05, 4.69) is 16.3 Å². The highest BCUT2D eigenvalue weighted by Gasteiger charge is 2.38. The lowest BCUT2D eigenvalue weighted by molar-refractivity contribution is -0.136. The minimum Gasteiger partial charge on any atom is -0.486 e. The molecule has 164 valence electrons. The summed E-state index contributed by atoms with van der Waals surface area (Å²) in [5.41, 5.74) is 0.749. The zero-order valence-corrected chi connectivity index (χ0v) is 18.1. The SMILES string of the molecule is CN(C)C(=O)C1CCCN(CC(=O)NC2(c3ccc4c(c3)OCCO4)CCCC2)C1. The molecule has 30 heavy (non-hydrogen) atoms. The third-order valence-corrected chi connectivity index (χ3v) is 6.59. The molecule has 7 heteroatoms. The Labute approximate surface area is 178 Å². The van der Waals surface area contributed by atoms with Gasteiger partial charge in [0.1, 0.15) is 13.2 Å². The quantitative estimate of drug-likeness (QED) is 0.798. The monoisotopic (exact) mass is 415 g/mol. The van der Waals surface area contributed by atoms with E-state index in [1.54, 1.807) is 19.0 Å². The highest BCUT2D eigenvalue weighted by Crippen LogP contribution is 2.42. The van der Waals surface area contributed by atoms with Gasteiger partial charge >= 0.3 is 0 Å². The third kappa shape index (κ3) is 4.41. The Hall–Kier alpha value is -2.28. The van der Waals surface area contributed by atoms with Crippen LogP contribution in [0.15, 0.2) is 18.2 Å². The lowest BCUT2D eigenvalue weighted by atomic mass is 9.87. The predicted molar refractivity (Wildman–Crippen MR) is 114 cm³/mol. The van der Waals surface area contributed by atoms with Crippen molar-refractivity contribution < 1.29 is 19.1 Å². The minimum atomic E-state index is -0.346. The summed E-state index contributed by atoms with van der Waals surface area (Å²) in [5.74, 6) is 1.71. The number of amides is 2. The predicted octanol–water partition coefficient (Wildman–Crippen LogP) is 2.14. The number of carbonyl (C=O) groups is 2. The molecule has 2 fully saturated rings. The summed E-state index contributed by atoms with van der Waals surface area (Å²) in [6.07, 6.45) is 5.90. The Morgan fingerprint density at radius 3 is 2.60 bits per heavy atom. The molecular formula is C23H33N3O4. The Kier molecular flexibility index (Phi) is 6.18. The second kappa shape index (κ2) is 8.84. The molecule has 1 unspecified atom stereocenters. The molecule has 4 rings (SSSR count). The summed E-state index contributed by atoms with van der Waals surface area (Å²) in [6, 6.07) is 6.05. The number of piperidine rings is 1. The molecule has 2 amide bonds. The summed E-state index contributed by atoms with van der Waals surface area (Å²) in [4.78, 5) is 29.2. The topological polar surface area (TPSA) is 71.1 Å². The number of ether oxygens (including phenoxy) is 2. The average Bonchev–Trinajstić information content (AvgIpc) is 3.22. The van der Waals surface area contributed by atoms with Crippen molar-refractivity contribution in [3.05, 3.63) is 23.8 Å². The van der Waals surface area contributed by atoms with Crippen molar-refractivity contribution in [2.75, 3.05) is 46.9 Å². The van der Waals surface area contributed by atoms with E-state index in [0.717, 1.165) is 62.1 Å². The molecule has 1 aliphatic carbocycles. The van der Waals surface area contributed by atoms with E-state index in [-0.39, 0.29) is 23.3 Å². The van der Waals surface area contributed by atoms with Crippen LogP contribution in [0.4, 0.5) is 0 Å². The highest BCUT2D eigenvalue weighted by atomic mass is 16.6. The van der Waals surface area contributed by atoms with E-state index in [1.807, 2.05) is 12.1 Å².